The summed E-state index contributed by atoms with van der Waals surface area (Å²) in [5.41, 5.74) is -0.644. The highest BCUT2D eigenvalue weighted by Gasteiger charge is 2.35. The van der Waals surface area contributed by atoms with E-state index in [1.54, 1.807) is 0 Å². The van der Waals surface area contributed by atoms with E-state index in [1.165, 1.54) is 36.5 Å². The number of pyridine rings is 1. The molecule has 2 aromatic rings. The van der Waals surface area contributed by atoms with Gasteiger partial charge in [0.2, 0.25) is 5.91 Å². The zero-order chi connectivity index (χ0) is 25.2. The average molecular weight is 490 g/mol. The van der Waals surface area contributed by atoms with Gasteiger partial charge in [-0.3, -0.25) is 4.79 Å². The van der Waals surface area contributed by atoms with Crippen LogP contribution in [0.25, 0.3) is 0 Å². The second-order valence-electron chi connectivity index (χ2n) is 8.32. The number of aromatic nitrogens is 1. The van der Waals surface area contributed by atoms with E-state index >= 15 is 0 Å². The number of allylic oxidation sites excluding steroid dienone is 3. The molecule has 35 heavy (non-hydrogen) atoms. The topological polar surface area (TPSA) is 92.3 Å². The monoisotopic (exact) mass is 490 g/mol. The van der Waals surface area contributed by atoms with E-state index in [2.05, 4.69) is 20.9 Å². The van der Waals surface area contributed by atoms with Crippen LogP contribution in [0, 0.1) is 11.7 Å². The summed E-state index contributed by atoms with van der Waals surface area (Å²) in [5.74, 6) is -3.89. The Balaban J connectivity index is 1.36. The Bertz CT molecular complexity index is 1210. The van der Waals surface area contributed by atoms with Gasteiger partial charge in [0, 0.05) is 54.5 Å². The molecule has 11 heteroatoms. The molecule has 1 aromatic heterocycles. The molecule has 0 saturated heterocycles. The van der Waals surface area contributed by atoms with Gasteiger partial charge in [-0.25, -0.2) is 27.3 Å². The summed E-state index contributed by atoms with van der Waals surface area (Å²) < 4.78 is 60.9. The van der Waals surface area contributed by atoms with Gasteiger partial charge in [0.1, 0.15) is 17.7 Å². The average Bonchev–Trinajstić information content (AvgIpc) is 3.62. The molecule has 0 radical (unpaired) electrons. The zero-order valence-electron chi connectivity index (χ0n) is 18.6. The molecule has 3 amide bonds. The number of nitrogens with zero attached hydrogens (tertiary/aromatic N) is 1. The molecule has 2 aliphatic rings. The Morgan fingerprint density at radius 3 is 2.57 bits per heavy atom. The van der Waals surface area contributed by atoms with Crippen molar-refractivity contribution in [2.45, 2.75) is 38.3 Å². The predicted octanol–water partition coefficient (Wildman–Crippen LogP) is 5.69. The standard InChI is InChI=1S/C24H22F4N4O3/c1-24(27,28)17-10-14(4-6-18(17)25)30-23(34)31-15-5-7-20(19(26)11-15)35-16-8-9-29-21(12-16)32-22(33)13-2-3-13/h4-5,7-13,18H,2-3,6H2,1H3,(H,29,32,33)(H2,30,31,34). The minimum Gasteiger partial charge on any atom is -0.454 e. The quantitative estimate of drug-likeness (QED) is 0.435. The van der Waals surface area contributed by atoms with Gasteiger partial charge in [0.05, 0.1) is 0 Å². The molecule has 1 fully saturated rings. The Morgan fingerprint density at radius 1 is 1.11 bits per heavy atom. The fourth-order valence-electron chi connectivity index (χ4n) is 3.36. The molecule has 1 heterocycles. The maximum absolute atomic E-state index is 14.6. The van der Waals surface area contributed by atoms with Gasteiger partial charge >= 0.3 is 6.03 Å². The highest BCUT2D eigenvalue weighted by atomic mass is 19.3. The van der Waals surface area contributed by atoms with Crippen LogP contribution in [0.2, 0.25) is 0 Å². The van der Waals surface area contributed by atoms with Crippen molar-refractivity contribution < 1.29 is 31.9 Å². The molecule has 3 N–H and O–H groups in total. The Hall–Kier alpha value is -3.89. The Labute approximate surface area is 198 Å². The largest absolute Gasteiger partial charge is 0.454 e. The number of hydrogen-bond acceptors (Lipinski definition) is 4. The maximum atomic E-state index is 14.6. The van der Waals surface area contributed by atoms with E-state index in [9.17, 15) is 27.2 Å². The third-order valence-electron chi connectivity index (χ3n) is 5.31. The van der Waals surface area contributed by atoms with Gasteiger partial charge in [0.15, 0.2) is 11.6 Å². The van der Waals surface area contributed by atoms with E-state index < -0.39 is 29.5 Å². The van der Waals surface area contributed by atoms with Crippen molar-refractivity contribution >= 4 is 23.4 Å². The number of halogens is 4. The van der Waals surface area contributed by atoms with Crippen LogP contribution in [-0.2, 0) is 4.79 Å². The fraction of sp³-hybridized carbons (Fsp3) is 0.292. The first-order valence-corrected chi connectivity index (χ1v) is 10.8. The molecule has 1 aromatic carbocycles. The lowest BCUT2D eigenvalue weighted by Gasteiger charge is -2.23. The second-order valence-corrected chi connectivity index (χ2v) is 8.32. The highest BCUT2D eigenvalue weighted by Crippen LogP contribution is 2.33. The zero-order valence-corrected chi connectivity index (χ0v) is 18.6. The Kier molecular flexibility index (Phi) is 6.77. The molecular formula is C24H22F4N4O3. The summed E-state index contributed by atoms with van der Waals surface area (Å²) in [5, 5.41) is 7.39. The number of anilines is 2. The van der Waals surface area contributed by atoms with Gasteiger partial charge < -0.3 is 20.7 Å². The highest BCUT2D eigenvalue weighted by molar-refractivity contribution is 5.93. The molecule has 0 bridgehead atoms. The van der Waals surface area contributed by atoms with Gasteiger partial charge in [0.25, 0.3) is 5.92 Å². The predicted molar refractivity (Wildman–Crippen MR) is 121 cm³/mol. The molecule has 1 atom stereocenters. The van der Waals surface area contributed by atoms with E-state index in [-0.39, 0.29) is 46.9 Å². The molecule has 184 valence electrons. The van der Waals surface area contributed by atoms with E-state index in [0.29, 0.717) is 6.92 Å². The van der Waals surface area contributed by atoms with Crippen LogP contribution in [0.1, 0.15) is 26.2 Å². The summed E-state index contributed by atoms with van der Waals surface area (Å²) in [4.78, 5) is 28.1. The van der Waals surface area contributed by atoms with Gasteiger partial charge in [-0.05, 0) is 37.1 Å². The van der Waals surface area contributed by atoms with Crippen molar-refractivity contribution in [3.8, 4) is 11.5 Å². The van der Waals surface area contributed by atoms with Gasteiger partial charge in [-0.15, -0.1) is 0 Å². The second kappa shape index (κ2) is 9.77. The number of carbonyl (C=O) groups excluding carboxylic acids is 2. The van der Waals surface area contributed by atoms with Crippen LogP contribution < -0.4 is 20.7 Å². The van der Waals surface area contributed by atoms with Crippen LogP contribution in [0.15, 0.2) is 60.0 Å². The number of amides is 3. The number of urea groups is 1. The van der Waals surface area contributed by atoms with Crippen molar-refractivity contribution in [3.05, 3.63) is 65.8 Å². The van der Waals surface area contributed by atoms with Gasteiger partial charge in [-0.1, -0.05) is 6.08 Å². The molecule has 7 nitrogen and oxygen atoms in total. The van der Waals surface area contributed by atoms with Crippen LogP contribution in [-0.4, -0.2) is 29.0 Å². The van der Waals surface area contributed by atoms with Crippen molar-refractivity contribution in [1.82, 2.24) is 10.3 Å². The van der Waals surface area contributed by atoms with E-state index in [1.807, 2.05) is 0 Å². The molecule has 1 saturated carbocycles. The number of ether oxygens (including phenoxy) is 1. The molecular weight excluding hydrogens is 468 g/mol. The lowest BCUT2D eigenvalue weighted by molar-refractivity contribution is -0.117. The van der Waals surface area contributed by atoms with Crippen LogP contribution >= 0.6 is 0 Å². The molecule has 4 rings (SSSR count). The number of carbonyl (C=O) groups is 2. The third kappa shape index (κ3) is 6.37. The van der Waals surface area contributed by atoms with E-state index in [0.717, 1.165) is 25.0 Å². The van der Waals surface area contributed by atoms with Crippen LogP contribution in [0.3, 0.4) is 0 Å². The Morgan fingerprint density at radius 2 is 1.89 bits per heavy atom. The van der Waals surface area contributed by atoms with Crippen LogP contribution in [0.4, 0.5) is 33.9 Å². The van der Waals surface area contributed by atoms with Crippen molar-refractivity contribution in [3.63, 3.8) is 0 Å². The first-order chi connectivity index (χ1) is 16.6. The number of nitrogens with one attached hydrogen (secondary N) is 3. The van der Waals surface area contributed by atoms with Crippen molar-refractivity contribution in [2.75, 3.05) is 10.6 Å². The first kappa shape index (κ1) is 24.2. The SMILES string of the molecule is CC(F)(F)C1=CC(NC(=O)Nc2ccc(Oc3ccnc(NC(=O)C4CC4)c3)c(F)c2)=CCC1F. The summed E-state index contributed by atoms with van der Waals surface area (Å²) in [7, 11) is 0. The summed E-state index contributed by atoms with van der Waals surface area (Å²) in [6.07, 6.45) is 3.13. The lowest BCUT2D eigenvalue weighted by Crippen LogP contribution is -2.31. The van der Waals surface area contributed by atoms with Crippen molar-refractivity contribution in [1.29, 1.82) is 0 Å². The normalized spacial score (nSPS) is 17.7. The molecule has 0 aliphatic heterocycles. The smallest absolute Gasteiger partial charge is 0.323 e. The first-order valence-electron chi connectivity index (χ1n) is 10.8. The third-order valence-corrected chi connectivity index (χ3v) is 5.31. The minimum absolute atomic E-state index is 0.00302. The summed E-state index contributed by atoms with van der Waals surface area (Å²) in [6, 6.07) is 5.82. The number of benzene rings is 1. The molecule has 0 spiro atoms. The van der Waals surface area contributed by atoms with Crippen LogP contribution in [0.5, 0.6) is 11.5 Å². The number of hydrogen-bond donors (Lipinski definition) is 3. The molecule has 1 unspecified atom stereocenters. The van der Waals surface area contributed by atoms with E-state index in [4.69, 9.17) is 4.74 Å². The summed E-state index contributed by atoms with van der Waals surface area (Å²) >= 11 is 0. The lowest BCUT2D eigenvalue weighted by atomic mass is 9.96. The maximum Gasteiger partial charge on any atom is 0.323 e. The van der Waals surface area contributed by atoms with Crippen molar-refractivity contribution in [2.24, 2.45) is 5.92 Å². The summed E-state index contributed by atoms with van der Waals surface area (Å²) in [6.45, 7) is 0.581. The molecule has 2 aliphatic carbocycles. The minimum atomic E-state index is -3.37. The fourth-order valence-corrected chi connectivity index (χ4v) is 3.36. The number of alkyl halides is 3. The van der Waals surface area contributed by atoms with Gasteiger partial charge in [-0.2, -0.15) is 0 Å². The number of rotatable bonds is 7.